The zero-order chi connectivity index (χ0) is 14.6. The van der Waals surface area contributed by atoms with Crippen LogP contribution in [0.25, 0.3) is 0 Å². The lowest BCUT2D eigenvalue weighted by Gasteiger charge is -2.14. The molecule has 1 rings (SSSR count). The highest BCUT2D eigenvalue weighted by atomic mass is 35.5. The van der Waals surface area contributed by atoms with Gasteiger partial charge in [-0.15, -0.1) is 0 Å². The van der Waals surface area contributed by atoms with Crippen molar-refractivity contribution < 1.29 is 22.7 Å². The summed E-state index contributed by atoms with van der Waals surface area (Å²) >= 11 is 5.56. The minimum Gasteiger partial charge on any atom is -0.466 e. The van der Waals surface area contributed by atoms with Crippen LogP contribution in [0.2, 0.25) is 5.02 Å². The quantitative estimate of drug-likeness (QED) is 0.867. The first-order chi connectivity index (χ1) is 8.75. The van der Waals surface area contributed by atoms with Gasteiger partial charge in [0.05, 0.1) is 23.6 Å². The van der Waals surface area contributed by atoms with Gasteiger partial charge in [0.25, 0.3) is 0 Å². The molecule has 0 aromatic heterocycles. The Bertz CT molecular complexity index is 463. The zero-order valence-corrected chi connectivity index (χ0v) is 10.9. The van der Waals surface area contributed by atoms with E-state index in [1.54, 1.807) is 6.92 Å². The maximum atomic E-state index is 12.5. The number of halogens is 4. The SMILES string of the molecule is CCOC(=O)C[C@@H](N)c1ccc(C(F)(F)F)c(Cl)c1. The Kier molecular flexibility index (Phi) is 5.20. The van der Waals surface area contributed by atoms with Gasteiger partial charge in [-0.25, -0.2) is 0 Å². The molecule has 0 bridgehead atoms. The molecule has 0 aliphatic rings. The molecule has 0 saturated carbocycles. The van der Waals surface area contributed by atoms with E-state index in [0.29, 0.717) is 5.56 Å². The topological polar surface area (TPSA) is 52.3 Å². The molecular weight excluding hydrogens is 283 g/mol. The first-order valence-corrected chi connectivity index (χ1v) is 5.91. The van der Waals surface area contributed by atoms with Gasteiger partial charge in [-0.05, 0) is 24.6 Å². The molecule has 0 heterocycles. The highest BCUT2D eigenvalue weighted by Gasteiger charge is 2.33. The van der Waals surface area contributed by atoms with Crippen LogP contribution in [0.1, 0.15) is 30.5 Å². The molecule has 0 unspecified atom stereocenters. The van der Waals surface area contributed by atoms with Gasteiger partial charge < -0.3 is 10.5 Å². The number of hydrogen-bond donors (Lipinski definition) is 1. The smallest absolute Gasteiger partial charge is 0.417 e. The lowest BCUT2D eigenvalue weighted by molar-refractivity contribution is -0.143. The van der Waals surface area contributed by atoms with Crippen LogP contribution in [-0.4, -0.2) is 12.6 Å². The monoisotopic (exact) mass is 295 g/mol. The first kappa shape index (κ1) is 15.8. The summed E-state index contributed by atoms with van der Waals surface area (Å²) in [6.45, 7) is 1.87. The summed E-state index contributed by atoms with van der Waals surface area (Å²) < 4.78 is 42.2. The van der Waals surface area contributed by atoms with Crippen molar-refractivity contribution in [3.63, 3.8) is 0 Å². The summed E-state index contributed by atoms with van der Waals surface area (Å²) in [6.07, 6.45) is -4.63. The van der Waals surface area contributed by atoms with Crippen LogP contribution in [-0.2, 0) is 15.7 Å². The molecule has 3 nitrogen and oxygen atoms in total. The predicted octanol–water partition coefficient (Wildman–Crippen LogP) is 3.31. The number of rotatable bonds is 4. The number of carbonyl (C=O) groups excluding carboxylic acids is 1. The Hall–Kier alpha value is -1.27. The predicted molar refractivity (Wildman–Crippen MR) is 64.6 cm³/mol. The average molecular weight is 296 g/mol. The number of hydrogen-bond acceptors (Lipinski definition) is 3. The molecule has 1 atom stereocenters. The van der Waals surface area contributed by atoms with Gasteiger partial charge in [-0.1, -0.05) is 17.7 Å². The summed E-state index contributed by atoms with van der Waals surface area (Å²) in [6, 6.07) is 2.43. The van der Waals surface area contributed by atoms with E-state index in [2.05, 4.69) is 0 Å². The Balaban J connectivity index is 2.86. The van der Waals surface area contributed by atoms with E-state index < -0.39 is 28.8 Å². The van der Waals surface area contributed by atoms with E-state index in [-0.39, 0.29) is 13.0 Å². The number of esters is 1. The molecule has 2 N–H and O–H groups in total. The summed E-state index contributed by atoms with van der Waals surface area (Å²) in [7, 11) is 0. The Labute approximate surface area is 113 Å². The molecule has 0 radical (unpaired) electrons. The summed E-state index contributed by atoms with van der Waals surface area (Å²) in [5, 5.41) is -0.440. The molecule has 0 aliphatic carbocycles. The normalized spacial score (nSPS) is 13.2. The molecule has 0 aliphatic heterocycles. The van der Waals surface area contributed by atoms with Gasteiger partial charge in [0.1, 0.15) is 0 Å². The largest absolute Gasteiger partial charge is 0.466 e. The van der Waals surface area contributed by atoms with Crippen LogP contribution >= 0.6 is 11.6 Å². The fraction of sp³-hybridized carbons (Fsp3) is 0.417. The Morgan fingerprint density at radius 3 is 2.58 bits per heavy atom. The van der Waals surface area contributed by atoms with Gasteiger partial charge in [0.15, 0.2) is 0 Å². The standard InChI is InChI=1S/C12H13ClF3NO2/c1-2-19-11(18)6-10(17)7-3-4-8(9(13)5-7)12(14,15)16/h3-5,10H,2,6,17H2,1H3/t10-/m1/s1. The van der Waals surface area contributed by atoms with Gasteiger partial charge in [0.2, 0.25) is 0 Å². The molecule has 19 heavy (non-hydrogen) atoms. The lowest BCUT2D eigenvalue weighted by atomic mass is 10.0. The highest BCUT2D eigenvalue weighted by molar-refractivity contribution is 6.31. The second-order valence-corrected chi connectivity index (χ2v) is 4.26. The summed E-state index contributed by atoms with van der Waals surface area (Å²) in [4.78, 5) is 11.2. The molecule has 0 saturated heterocycles. The fourth-order valence-electron chi connectivity index (χ4n) is 1.51. The van der Waals surface area contributed by atoms with E-state index >= 15 is 0 Å². The van der Waals surface area contributed by atoms with Crippen molar-refractivity contribution >= 4 is 17.6 Å². The van der Waals surface area contributed by atoms with Crippen LogP contribution in [0.4, 0.5) is 13.2 Å². The van der Waals surface area contributed by atoms with Crippen molar-refractivity contribution in [1.82, 2.24) is 0 Å². The molecule has 7 heteroatoms. The molecule has 1 aromatic rings. The molecule has 1 aromatic carbocycles. The van der Waals surface area contributed by atoms with Crippen LogP contribution < -0.4 is 5.73 Å². The third-order valence-corrected chi connectivity index (χ3v) is 2.73. The lowest BCUT2D eigenvalue weighted by Crippen LogP contribution is -2.17. The van der Waals surface area contributed by atoms with E-state index in [1.165, 1.54) is 6.07 Å². The zero-order valence-electron chi connectivity index (χ0n) is 10.1. The number of nitrogens with two attached hydrogens (primary N) is 1. The minimum absolute atomic E-state index is 0.116. The number of benzene rings is 1. The number of carbonyl (C=O) groups is 1. The molecule has 0 fully saturated rings. The van der Waals surface area contributed by atoms with Gasteiger partial charge in [0, 0.05) is 6.04 Å². The Morgan fingerprint density at radius 1 is 1.47 bits per heavy atom. The summed E-state index contributed by atoms with van der Waals surface area (Å²) in [5.41, 5.74) is 5.14. The van der Waals surface area contributed by atoms with E-state index in [4.69, 9.17) is 22.1 Å². The summed E-state index contributed by atoms with van der Waals surface area (Å²) in [5.74, 6) is -0.508. The maximum absolute atomic E-state index is 12.5. The maximum Gasteiger partial charge on any atom is 0.417 e. The molecule has 0 spiro atoms. The molecule has 0 amide bonds. The molecular formula is C12H13ClF3NO2. The second kappa shape index (κ2) is 6.25. The van der Waals surface area contributed by atoms with Crippen molar-refractivity contribution in [2.45, 2.75) is 25.6 Å². The van der Waals surface area contributed by atoms with Gasteiger partial charge in [-0.3, -0.25) is 4.79 Å². The van der Waals surface area contributed by atoms with Crippen LogP contribution in [0.3, 0.4) is 0 Å². The molecule has 106 valence electrons. The average Bonchev–Trinajstić information content (AvgIpc) is 2.27. The first-order valence-electron chi connectivity index (χ1n) is 5.53. The number of alkyl halides is 3. The Morgan fingerprint density at radius 2 is 2.11 bits per heavy atom. The van der Waals surface area contributed by atoms with Crippen molar-refractivity contribution in [3.05, 3.63) is 34.3 Å². The van der Waals surface area contributed by atoms with E-state index in [0.717, 1.165) is 12.1 Å². The highest BCUT2D eigenvalue weighted by Crippen LogP contribution is 2.35. The van der Waals surface area contributed by atoms with Crippen LogP contribution in [0.15, 0.2) is 18.2 Å². The van der Waals surface area contributed by atoms with Crippen molar-refractivity contribution in [1.29, 1.82) is 0 Å². The van der Waals surface area contributed by atoms with Crippen molar-refractivity contribution in [2.24, 2.45) is 5.73 Å². The number of ether oxygens (including phenoxy) is 1. The fourth-order valence-corrected chi connectivity index (χ4v) is 1.81. The van der Waals surface area contributed by atoms with Gasteiger partial charge in [-0.2, -0.15) is 13.2 Å². The van der Waals surface area contributed by atoms with Gasteiger partial charge >= 0.3 is 12.1 Å². The van der Waals surface area contributed by atoms with Crippen molar-refractivity contribution in [3.8, 4) is 0 Å². The third-order valence-electron chi connectivity index (χ3n) is 2.42. The second-order valence-electron chi connectivity index (χ2n) is 3.85. The van der Waals surface area contributed by atoms with Crippen LogP contribution in [0, 0.1) is 0 Å². The van der Waals surface area contributed by atoms with E-state index in [9.17, 15) is 18.0 Å². The van der Waals surface area contributed by atoms with Crippen LogP contribution in [0.5, 0.6) is 0 Å². The van der Waals surface area contributed by atoms with Crippen molar-refractivity contribution in [2.75, 3.05) is 6.61 Å². The minimum atomic E-state index is -4.51. The third kappa shape index (κ3) is 4.40. The van der Waals surface area contributed by atoms with E-state index in [1.807, 2.05) is 0 Å².